The summed E-state index contributed by atoms with van der Waals surface area (Å²) < 4.78 is 18.0. The van der Waals surface area contributed by atoms with Crippen molar-refractivity contribution in [3.05, 3.63) is 35.8 Å². The minimum Gasteiger partial charge on any atom is -0.367 e. The average Bonchev–Trinajstić information content (AvgIpc) is 2.67. The second kappa shape index (κ2) is 4.44. The summed E-state index contributed by atoms with van der Waals surface area (Å²) in [4.78, 5) is 0. The van der Waals surface area contributed by atoms with Gasteiger partial charge in [-0.15, -0.1) is 0 Å². The lowest BCUT2D eigenvalue weighted by Crippen LogP contribution is -2.14. The van der Waals surface area contributed by atoms with Gasteiger partial charge in [0.15, 0.2) is 0 Å². The third kappa shape index (κ3) is 1.98. The van der Waals surface area contributed by atoms with Crippen LogP contribution in [0.4, 0.5) is 10.3 Å². The minimum absolute atomic E-state index is 0.255. The van der Waals surface area contributed by atoms with Gasteiger partial charge in [0, 0.05) is 0 Å². The number of benzene rings is 1. The Bertz CT molecular complexity index is 543. The fraction of sp³-hybridized carbons (Fsp3) is 0.357. The molecule has 4 heteroatoms. The highest BCUT2D eigenvalue weighted by molar-refractivity contribution is 5.75. The Morgan fingerprint density at radius 3 is 2.61 bits per heavy atom. The Labute approximate surface area is 105 Å². The summed E-state index contributed by atoms with van der Waals surface area (Å²) in [5.41, 5.74) is 8.40. The lowest BCUT2D eigenvalue weighted by atomic mass is 9.81. The number of anilines is 1. The van der Waals surface area contributed by atoms with Crippen molar-refractivity contribution in [2.45, 2.75) is 25.7 Å². The van der Waals surface area contributed by atoms with Gasteiger partial charge in [-0.25, -0.2) is 4.39 Å². The van der Waals surface area contributed by atoms with Crippen molar-refractivity contribution in [1.82, 2.24) is 5.16 Å². The normalized spacial score (nSPS) is 15.6. The van der Waals surface area contributed by atoms with Gasteiger partial charge in [0.25, 0.3) is 0 Å². The van der Waals surface area contributed by atoms with Crippen LogP contribution in [0, 0.1) is 11.7 Å². The highest BCUT2D eigenvalue weighted by Gasteiger charge is 2.23. The molecule has 3 nitrogen and oxygen atoms in total. The van der Waals surface area contributed by atoms with Crippen LogP contribution in [0.3, 0.4) is 0 Å². The molecule has 0 aliphatic heterocycles. The SMILES string of the molecule is Nc1onc(CC2CCC2)c1-c1ccc(F)cc1. The zero-order valence-electron chi connectivity index (χ0n) is 10.0. The molecule has 0 radical (unpaired) electrons. The van der Waals surface area contributed by atoms with Crippen LogP contribution in [0.15, 0.2) is 28.8 Å². The smallest absolute Gasteiger partial charge is 0.230 e. The van der Waals surface area contributed by atoms with E-state index in [9.17, 15) is 4.39 Å². The Morgan fingerprint density at radius 1 is 1.28 bits per heavy atom. The standard InChI is InChI=1S/C14H15FN2O/c15-11-6-4-10(5-7-11)13-12(17-18-14(13)16)8-9-2-1-3-9/h4-7,9H,1-3,8,16H2. The molecule has 1 fully saturated rings. The number of aromatic nitrogens is 1. The third-order valence-electron chi connectivity index (χ3n) is 3.63. The number of halogens is 1. The summed E-state index contributed by atoms with van der Waals surface area (Å²) >= 11 is 0. The van der Waals surface area contributed by atoms with Gasteiger partial charge in [-0.2, -0.15) is 0 Å². The van der Waals surface area contributed by atoms with Crippen molar-refractivity contribution in [2.75, 3.05) is 5.73 Å². The zero-order valence-corrected chi connectivity index (χ0v) is 10.0. The molecule has 0 saturated heterocycles. The van der Waals surface area contributed by atoms with E-state index in [-0.39, 0.29) is 5.82 Å². The minimum atomic E-state index is -0.255. The predicted molar refractivity (Wildman–Crippen MR) is 67.4 cm³/mol. The molecule has 0 amide bonds. The maximum atomic E-state index is 12.9. The molecule has 0 spiro atoms. The van der Waals surface area contributed by atoms with E-state index in [0.29, 0.717) is 11.8 Å². The number of rotatable bonds is 3. The maximum Gasteiger partial charge on any atom is 0.230 e. The lowest BCUT2D eigenvalue weighted by Gasteiger charge is -2.24. The van der Waals surface area contributed by atoms with E-state index in [1.54, 1.807) is 12.1 Å². The number of hydrogen-bond acceptors (Lipinski definition) is 3. The number of nitrogens with two attached hydrogens (primary N) is 1. The lowest BCUT2D eigenvalue weighted by molar-refractivity contribution is 0.306. The molecule has 18 heavy (non-hydrogen) atoms. The zero-order chi connectivity index (χ0) is 12.5. The van der Waals surface area contributed by atoms with Crippen LogP contribution in [-0.4, -0.2) is 5.16 Å². The van der Waals surface area contributed by atoms with Crippen molar-refractivity contribution < 1.29 is 8.91 Å². The van der Waals surface area contributed by atoms with Crippen LogP contribution in [0.5, 0.6) is 0 Å². The topological polar surface area (TPSA) is 52.0 Å². The molecular formula is C14H15FN2O. The summed E-state index contributed by atoms with van der Waals surface area (Å²) in [7, 11) is 0. The fourth-order valence-electron chi connectivity index (χ4n) is 2.37. The first-order valence-electron chi connectivity index (χ1n) is 6.24. The summed E-state index contributed by atoms with van der Waals surface area (Å²) in [6, 6.07) is 6.27. The monoisotopic (exact) mass is 246 g/mol. The fourth-order valence-corrected chi connectivity index (χ4v) is 2.37. The van der Waals surface area contributed by atoms with E-state index in [1.165, 1.54) is 31.4 Å². The first kappa shape index (κ1) is 11.3. The van der Waals surface area contributed by atoms with Gasteiger partial charge >= 0.3 is 0 Å². The van der Waals surface area contributed by atoms with Crippen LogP contribution in [0.1, 0.15) is 25.0 Å². The van der Waals surface area contributed by atoms with Crippen molar-refractivity contribution in [2.24, 2.45) is 5.92 Å². The van der Waals surface area contributed by atoms with Gasteiger partial charge in [0.2, 0.25) is 5.88 Å². The largest absolute Gasteiger partial charge is 0.367 e. The van der Waals surface area contributed by atoms with Gasteiger partial charge < -0.3 is 10.3 Å². The molecule has 1 aromatic carbocycles. The molecule has 94 valence electrons. The molecule has 0 bridgehead atoms. The second-order valence-corrected chi connectivity index (χ2v) is 4.88. The predicted octanol–water partition coefficient (Wildman–Crippen LogP) is 3.41. The van der Waals surface area contributed by atoms with Gasteiger partial charge in [0.05, 0.1) is 11.3 Å². The molecule has 1 aliphatic carbocycles. The van der Waals surface area contributed by atoms with Crippen molar-refractivity contribution in [3.8, 4) is 11.1 Å². The van der Waals surface area contributed by atoms with Crippen LogP contribution >= 0.6 is 0 Å². The molecule has 1 heterocycles. The van der Waals surface area contributed by atoms with E-state index < -0.39 is 0 Å². The third-order valence-corrected chi connectivity index (χ3v) is 3.63. The van der Waals surface area contributed by atoms with E-state index in [0.717, 1.165) is 23.2 Å². The second-order valence-electron chi connectivity index (χ2n) is 4.88. The molecular weight excluding hydrogens is 231 g/mol. The van der Waals surface area contributed by atoms with Gasteiger partial charge in [-0.1, -0.05) is 36.6 Å². The molecule has 1 aromatic heterocycles. The van der Waals surface area contributed by atoms with Crippen LogP contribution in [0.25, 0.3) is 11.1 Å². The number of nitrogen functional groups attached to an aromatic ring is 1. The molecule has 1 aliphatic rings. The molecule has 3 rings (SSSR count). The molecule has 2 aromatic rings. The van der Waals surface area contributed by atoms with Crippen LogP contribution < -0.4 is 5.73 Å². The number of hydrogen-bond donors (Lipinski definition) is 1. The quantitative estimate of drug-likeness (QED) is 0.902. The average molecular weight is 246 g/mol. The molecule has 0 unspecified atom stereocenters. The maximum absolute atomic E-state index is 12.9. The summed E-state index contributed by atoms with van der Waals surface area (Å²) in [6.07, 6.45) is 4.68. The summed E-state index contributed by atoms with van der Waals surface area (Å²) in [6.45, 7) is 0. The van der Waals surface area contributed by atoms with E-state index in [1.807, 2.05) is 0 Å². The van der Waals surface area contributed by atoms with E-state index >= 15 is 0 Å². The first-order chi connectivity index (χ1) is 8.74. The van der Waals surface area contributed by atoms with Crippen LogP contribution in [0.2, 0.25) is 0 Å². The molecule has 2 N–H and O–H groups in total. The van der Waals surface area contributed by atoms with Crippen molar-refractivity contribution >= 4 is 5.88 Å². The first-order valence-corrected chi connectivity index (χ1v) is 6.24. The molecule has 1 saturated carbocycles. The van der Waals surface area contributed by atoms with Crippen molar-refractivity contribution in [3.63, 3.8) is 0 Å². The Kier molecular flexibility index (Phi) is 2.78. The van der Waals surface area contributed by atoms with Gasteiger partial charge in [0.1, 0.15) is 5.82 Å². The van der Waals surface area contributed by atoms with Crippen LogP contribution in [-0.2, 0) is 6.42 Å². The highest BCUT2D eigenvalue weighted by atomic mass is 19.1. The number of nitrogens with zero attached hydrogens (tertiary/aromatic N) is 1. The van der Waals surface area contributed by atoms with Crippen molar-refractivity contribution in [1.29, 1.82) is 0 Å². The van der Waals surface area contributed by atoms with Gasteiger partial charge in [-0.3, -0.25) is 0 Å². The van der Waals surface area contributed by atoms with E-state index in [4.69, 9.17) is 10.3 Å². The summed E-state index contributed by atoms with van der Waals surface area (Å²) in [5.74, 6) is 0.749. The molecule has 0 atom stereocenters. The summed E-state index contributed by atoms with van der Waals surface area (Å²) in [5, 5.41) is 4.04. The van der Waals surface area contributed by atoms with E-state index in [2.05, 4.69) is 5.16 Å². The Balaban J connectivity index is 1.94. The van der Waals surface area contributed by atoms with Gasteiger partial charge in [-0.05, 0) is 30.0 Å². The Morgan fingerprint density at radius 2 is 2.00 bits per heavy atom. The highest BCUT2D eigenvalue weighted by Crippen LogP contribution is 2.35. The Hall–Kier alpha value is -1.84.